The maximum Gasteiger partial charge on any atom is 0.252 e. The van der Waals surface area contributed by atoms with Crippen LogP contribution in [-0.2, 0) is 0 Å². The van der Waals surface area contributed by atoms with E-state index in [4.69, 9.17) is 37.3 Å². The molecule has 0 saturated heterocycles. The van der Waals surface area contributed by atoms with E-state index >= 15 is 0 Å². The molecule has 0 spiro atoms. The lowest BCUT2D eigenvalue weighted by Crippen LogP contribution is -2.01. The summed E-state index contributed by atoms with van der Waals surface area (Å²) in [5.74, 6) is 1.40. The molecule has 0 saturated carbocycles. The summed E-state index contributed by atoms with van der Waals surface area (Å²) in [6.45, 7) is 0. The fraction of sp³-hybridized carbons (Fsp3) is 0.125. The number of halogens is 1. The molecule has 3 N–H and O–H groups in total. The molecule has 3 heterocycles. The maximum atomic E-state index is 8.78. The zero-order valence-corrected chi connectivity index (χ0v) is 15.9. The zero-order chi connectivity index (χ0) is 21.2. The Morgan fingerprint density at radius 1 is 0.931 bits per heavy atom. The van der Waals surface area contributed by atoms with Crippen molar-refractivity contribution in [1.29, 1.82) is 10.5 Å². The van der Waals surface area contributed by atoms with Gasteiger partial charge in [0.05, 0.1) is 26.6 Å². The Morgan fingerprint density at radius 2 is 1.55 bits per heavy atom. The topological polar surface area (TPSA) is 181 Å². The Morgan fingerprint density at radius 3 is 2.14 bits per heavy atom. The van der Waals surface area contributed by atoms with E-state index < -0.39 is 0 Å². The molecule has 13 heteroatoms. The van der Waals surface area contributed by atoms with E-state index in [1.807, 2.05) is 12.1 Å². The van der Waals surface area contributed by atoms with E-state index in [2.05, 4.69) is 35.2 Å². The molecule has 0 fully saturated rings. The van der Waals surface area contributed by atoms with Gasteiger partial charge in [-0.1, -0.05) is 11.6 Å². The van der Waals surface area contributed by atoms with E-state index in [9.17, 15) is 0 Å². The van der Waals surface area contributed by atoms with Gasteiger partial charge in [-0.2, -0.15) is 20.5 Å². The minimum absolute atomic E-state index is 0.115. The predicted molar refractivity (Wildman–Crippen MR) is 101 cm³/mol. The summed E-state index contributed by atoms with van der Waals surface area (Å²) < 4.78 is 9.68. The third-order valence-corrected chi connectivity index (χ3v) is 3.19. The molecule has 0 aliphatic heterocycles. The van der Waals surface area contributed by atoms with Gasteiger partial charge in [0.15, 0.2) is 5.82 Å². The smallest absolute Gasteiger partial charge is 0.252 e. The van der Waals surface area contributed by atoms with Crippen LogP contribution in [0.15, 0.2) is 24.8 Å². The summed E-state index contributed by atoms with van der Waals surface area (Å²) in [4.78, 5) is 23.1. The maximum absolute atomic E-state index is 8.78. The standard InChI is InChI=1S/C10H7ClN6O.C6H6N4O/c1-18-10-6(3-12)13-4-9(17-10)16-8-2-7(11)14-5-15-8;1-11-6-4(2-7)9-3-5(8)10-6/h2,4-5H,1H3,(H,14,15,16,17);3H,1H3,(H2,8,10). The van der Waals surface area contributed by atoms with Gasteiger partial charge in [-0.25, -0.2) is 19.9 Å². The van der Waals surface area contributed by atoms with Crippen molar-refractivity contribution in [3.8, 4) is 23.9 Å². The highest BCUT2D eigenvalue weighted by Gasteiger charge is 2.08. The fourth-order valence-electron chi connectivity index (χ4n) is 1.79. The van der Waals surface area contributed by atoms with Crippen LogP contribution in [0.25, 0.3) is 0 Å². The lowest BCUT2D eigenvalue weighted by molar-refractivity contribution is 0.394. The van der Waals surface area contributed by atoms with Gasteiger partial charge in [0.2, 0.25) is 11.4 Å². The van der Waals surface area contributed by atoms with Crippen LogP contribution < -0.4 is 20.5 Å². The van der Waals surface area contributed by atoms with Gasteiger partial charge in [-0.3, -0.25) is 0 Å². The predicted octanol–water partition coefficient (Wildman–Crippen LogP) is 1.48. The van der Waals surface area contributed by atoms with Crippen LogP contribution in [0.1, 0.15) is 11.4 Å². The van der Waals surface area contributed by atoms with E-state index in [1.165, 1.54) is 39.0 Å². The molecule has 29 heavy (non-hydrogen) atoms. The van der Waals surface area contributed by atoms with Crippen LogP contribution in [0, 0.1) is 22.7 Å². The first-order chi connectivity index (χ1) is 14.0. The number of nitrogen functional groups attached to an aromatic ring is 1. The first-order valence-electron chi connectivity index (χ1n) is 7.63. The average molecular weight is 413 g/mol. The van der Waals surface area contributed by atoms with Gasteiger partial charge in [-0.15, -0.1) is 0 Å². The van der Waals surface area contributed by atoms with Crippen LogP contribution in [0.5, 0.6) is 11.8 Å². The molecule has 0 unspecified atom stereocenters. The van der Waals surface area contributed by atoms with E-state index in [-0.39, 0.29) is 29.0 Å². The Balaban J connectivity index is 0.000000234. The number of aromatic nitrogens is 6. The normalized spacial score (nSPS) is 9.28. The van der Waals surface area contributed by atoms with Crippen molar-refractivity contribution in [3.63, 3.8) is 0 Å². The molecule has 0 aliphatic rings. The lowest BCUT2D eigenvalue weighted by Gasteiger charge is -2.06. The SMILES string of the molecule is COc1nc(N)cnc1C#N.COc1nc(Nc2cc(Cl)ncn2)cnc1C#N. The van der Waals surface area contributed by atoms with E-state index in [0.717, 1.165) is 0 Å². The molecule has 0 radical (unpaired) electrons. The molecular weight excluding hydrogens is 400 g/mol. The van der Waals surface area contributed by atoms with Gasteiger partial charge in [0.1, 0.15) is 35.3 Å². The second-order valence-electron chi connectivity index (χ2n) is 4.84. The fourth-order valence-corrected chi connectivity index (χ4v) is 1.94. The van der Waals surface area contributed by atoms with Crippen molar-refractivity contribution < 1.29 is 9.47 Å². The van der Waals surface area contributed by atoms with Crippen molar-refractivity contribution in [2.75, 3.05) is 25.3 Å². The molecule has 12 nitrogen and oxygen atoms in total. The molecule has 3 aromatic heterocycles. The third kappa shape index (κ3) is 5.85. The number of methoxy groups -OCH3 is 2. The molecule has 3 rings (SSSR count). The van der Waals surface area contributed by atoms with Crippen LogP contribution >= 0.6 is 11.6 Å². The van der Waals surface area contributed by atoms with E-state index in [1.54, 1.807) is 0 Å². The van der Waals surface area contributed by atoms with Crippen LogP contribution in [0.3, 0.4) is 0 Å². The molecule has 0 atom stereocenters. The number of nitrogens with two attached hydrogens (primary N) is 1. The molecule has 3 aromatic rings. The summed E-state index contributed by atoms with van der Waals surface area (Å²) in [5.41, 5.74) is 5.55. The summed E-state index contributed by atoms with van der Waals surface area (Å²) in [6, 6.07) is 5.23. The highest BCUT2D eigenvalue weighted by atomic mass is 35.5. The minimum Gasteiger partial charge on any atom is -0.479 e. The third-order valence-electron chi connectivity index (χ3n) is 2.99. The molecule has 0 bridgehead atoms. The lowest BCUT2D eigenvalue weighted by atomic mass is 10.4. The number of nitriles is 2. The van der Waals surface area contributed by atoms with Crippen LogP contribution in [0.2, 0.25) is 5.15 Å². The van der Waals surface area contributed by atoms with Gasteiger partial charge in [0.25, 0.3) is 11.8 Å². The number of nitrogens with zero attached hydrogens (tertiary/aromatic N) is 8. The minimum atomic E-state index is 0.115. The first-order valence-corrected chi connectivity index (χ1v) is 8.00. The average Bonchev–Trinajstić information content (AvgIpc) is 2.74. The summed E-state index contributed by atoms with van der Waals surface area (Å²) in [7, 11) is 2.82. The monoisotopic (exact) mass is 412 g/mol. The number of ether oxygens (including phenoxy) is 2. The highest BCUT2D eigenvalue weighted by Crippen LogP contribution is 2.18. The van der Waals surface area contributed by atoms with Crippen LogP contribution in [0.4, 0.5) is 17.5 Å². The van der Waals surface area contributed by atoms with E-state index in [0.29, 0.717) is 16.8 Å². The second-order valence-corrected chi connectivity index (χ2v) is 5.23. The highest BCUT2D eigenvalue weighted by molar-refractivity contribution is 6.29. The largest absolute Gasteiger partial charge is 0.479 e. The summed E-state index contributed by atoms with van der Waals surface area (Å²) in [5, 5.41) is 20.4. The number of hydrogen-bond acceptors (Lipinski definition) is 12. The quantitative estimate of drug-likeness (QED) is 0.589. The zero-order valence-electron chi connectivity index (χ0n) is 15.2. The first kappa shape index (κ1) is 21.0. The van der Waals surface area contributed by atoms with Crippen molar-refractivity contribution in [1.82, 2.24) is 29.9 Å². The number of rotatable bonds is 4. The van der Waals surface area contributed by atoms with Crippen molar-refractivity contribution >= 4 is 29.1 Å². The summed E-state index contributed by atoms with van der Waals surface area (Å²) >= 11 is 5.72. The Labute approximate surface area is 170 Å². The molecule has 0 aliphatic carbocycles. The molecule has 0 aromatic carbocycles. The van der Waals surface area contributed by atoms with Crippen molar-refractivity contribution in [2.45, 2.75) is 0 Å². The van der Waals surface area contributed by atoms with Crippen molar-refractivity contribution in [3.05, 3.63) is 41.3 Å². The van der Waals surface area contributed by atoms with Gasteiger partial charge in [0, 0.05) is 6.07 Å². The molecule has 0 amide bonds. The van der Waals surface area contributed by atoms with Gasteiger partial charge in [-0.05, 0) is 0 Å². The van der Waals surface area contributed by atoms with Crippen molar-refractivity contribution in [2.24, 2.45) is 0 Å². The molecular formula is C16H13ClN10O2. The Bertz CT molecular complexity index is 1080. The van der Waals surface area contributed by atoms with Gasteiger partial charge >= 0.3 is 0 Å². The number of hydrogen-bond donors (Lipinski definition) is 2. The Hall–Kier alpha value is -4.29. The summed E-state index contributed by atoms with van der Waals surface area (Å²) in [6.07, 6.45) is 4.02. The Kier molecular flexibility index (Phi) is 7.36. The molecule has 146 valence electrons. The van der Waals surface area contributed by atoms with Gasteiger partial charge < -0.3 is 20.5 Å². The number of anilines is 3. The number of nitrogens with one attached hydrogen (secondary N) is 1. The van der Waals surface area contributed by atoms with Crippen LogP contribution in [-0.4, -0.2) is 44.1 Å². The second kappa shape index (κ2) is 10.1.